The van der Waals surface area contributed by atoms with Crippen molar-refractivity contribution in [1.29, 1.82) is 0 Å². The normalized spacial score (nSPS) is 16.2. The van der Waals surface area contributed by atoms with Gasteiger partial charge in [-0.25, -0.2) is 0 Å². The highest BCUT2D eigenvalue weighted by Crippen LogP contribution is 2.47. The molecule has 0 amide bonds. The van der Waals surface area contributed by atoms with Crippen LogP contribution in [0.4, 0.5) is 0 Å². The van der Waals surface area contributed by atoms with Crippen LogP contribution >= 0.6 is 0 Å². The van der Waals surface area contributed by atoms with Gasteiger partial charge in [-0.2, -0.15) is 0 Å². The van der Waals surface area contributed by atoms with Crippen molar-refractivity contribution in [1.82, 2.24) is 0 Å². The highest BCUT2D eigenvalue weighted by atomic mass is 16.4. The number of carboxylic acids is 1. The molecule has 1 aliphatic carbocycles. The summed E-state index contributed by atoms with van der Waals surface area (Å²) in [7, 11) is 0. The molecule has 0 atom stereocenters. The number of carbonyl (C=O) groups is 1. The van der Waals surface area contributed by atoms with Crippen molar-refractivity contribution in [3.63, 3.8) is 0 Å². The van der Waals surface area contributed by atoms with E-state index in [-0.39, 0.29) is 0 Å². The van der Waals surface area contributed by atoms with Gasteiger partial charge in [-0.3, -0.25) is 4.79 Å². The Balaban J connectivity index is 1.95. The molecule has 1 aliphatic rings. The van der Waals surface area contributed by atoms with E-state index in [0.29, 0.717) is 0 Å². The third-order valence-corrected chi connectivity index (χ3v) is 3.84. The summed E-state index contributed by atoms with van der Waals surface area (Å²) >= 11 is 0. The van der Waals surface area contributed by atoms with Crippen molar-refractivity contribution in [3.05, 3.63) is 66.2 Å². The van der Waals surface area contributed by atoms with Gasteiger partial charge in [0.2, 0.25) is 0 Å². The lowest BCUT2D eigenvalue weighted by atomic mass is 9.97. The van der Waals surface area contributed by atoms with E-state index in [1.165, 1.54) is 0 Å². The smallest absolute Gasteiger partial charge is 0.313 e. The summed E-state index contributed by atoms with van der Waals surface area (Å²) in [6.07, 6.45) is 5.28. The first kappa shape index (κ1) is 12.7. The lowest BCUT2D eigenvalue weighted by Crippen LogP contribution is -2.10. The van der Waals surface area contributed by atoms with Crippen molar-refractivity contribution in [2.75, 3.05) is 0 Å². The number of hydrogen-bond donors (Lipinski definition) is 1. The van der Waals surface area contributed by atoms with Crippen LogP contribution in [0, 0.1) is 5.41 Å². The van der Waals surface area contributed by atoms with Gasteiger partial charge in [-0.15, -0.1) is 0 Å². The molecule has 0 radical (unpaired) electrons. The summed E-state index contributed by atoms with van der Waals surface area (Å²) in [5, 5.41) is 9.22. The Bertz CT molecular complexity index is 652. The molecule has 1 fully saturated rings. The van der Waals surface area contributed by atoms with Crippen molar-refractivity contribution in [2.24, 2.45) is 5.41 Å². The minimum absolute atomic E-state index is 0.621. The number of rotatable bonds is 4. The van der Waals surface area contributed by atoms with Crippen LogP contribution in [0.15, 0.2) is 60.7 Å². The first-order chi connectivity index (χ1) is 9.71. The largest absolute Gasteiger partial charge is 0.481 e. The standard InChI is InChI=1S/C18H16O2/c19-17(20)18(12-13-18)11-10-15-8-4-5-9-16(15)14-6-2-1-3-7-14/h1-11H,12-13H2,(H,19,20). The zero-order valence-electron chi connectivity index (χ0n) is 11.1. The summed E-state index contributed by atoms with van der Waals surface area (Å²) in [5.41, 5.74) is 2.72. The van der Waals surface area contributed by atoms with Gasteiger partial charge in [0.15, 0.2) is 0 Å². The highest BCUT2D eigenvalue weighted by Gasteiger charge is 2.47. The zero-order chi connectivity index (χ0) is 14.0. The van der Waals surface area contributed by atoms with Crippen LogP contribution in [0.3, 0.4) is 0 Å². The van der Waals surface area contributed by atoms with Crippen molar-refractivity contribution in [3.8, 4) is 11.1 Å². The Hall–Kier alpha value is -2.35. The first-order valence-corrected chi connectivity index (χ1v) is 6.78. The third kappa shape index (κ3) is 2.37. The van der Waals surface area contributed by atoms with E-state index in [1.54, 1.807) is 0 Å². The lowest BCUT2D eigenvalue weighted by molar-refractivity contribution is -0.141. The van der Waals surface area contributed by atoms with Gasteiger partial charge in [0.1, 0.15) is 0 Å². The fraction of sp³-hybridized carbons (Fsp3) is 0.167. The van der Waals surface area contributed by atoms with Crippen molar-refractivity contribution < 1.29 is 9.90 Å². The molecular formula is C18H16O2. The van der Waals surface area contributed by atoms with E-state index in [2.05, 4.69) is 18.2 Å². The van der Waals surface area contributed by atoms with Gasteiger partial charge < -0.3 is 5.11 Å². The van der Waals surface area contributed by atoms with Gasteiger partial charge in [-0.1, -0.05) is 66.7 Å². The second kappa shape index (κ2) is 4.97. The maximum Gasteiger partial charge on any atom is 0.313 e. The molecule has 1 N–H and O–H groups in total. The van der Waals surface area contributed by atoms with Crippen LogP contribution in [0.2, 0.25) is 0 Å². The van der Waals surface area contributed by atoms with Crippen LogP contribution in [0.5, 0.6) is 0 Å². The summed E-state index contributed by atoms with van der Waals surface area (Å²) in [5.74, 6) is -0.717. The number of aliphatic carboxylic acids is 1. The van der Waals surface area contributed by atoms with Gasteiger partial charge in [0, 0.05) is 0 Å². The number of carboxylic acid groups (broad SMARTS) is 1. The Morgan fingerprint density at radius 3 is 2.30 bits per heavy atom. The second-order valence-electron chi connectivity index (χ2n) is 5.25. The molecule has 0 saturated heterocycles. The zero-order valence-corrected chi connectivity index (χ0v) is 11.1. The number of hydrogen-bond acceptors (Lipinski definition) is 1. The fourth-order valence-electron chi connectivity index (χ4n) is 2.36. The summed E-state index contributed by atoms with van der Waals surface area (Å²) in [4.78, 5) is 11.2. The second-order valence-corrected chi connectivity index (χ2v) is 5.25. The van der Waals surface area contributed by atoms with Gasteiger partial charge in [0.05, 0.1) is 5.41 Å². The van der Waals surface area contributed by atoms with Crippen LogP contribution in [0.25, 0.3) is 17.2 Å². The predicted octanol–water partition coefficient (Wildman–Crippen LogP) is 4.23. The van der Waals surface area contributed by atoms with E-state index in [1.807, 2.05) is 48.6 Å². The van der Waals surface area contributed by atoms with Crippen LogP contribution in [0.1, 0.15) is 18.4 Å². The minimum Gasteiger partial charge on any atom is -0.481 e. The summed E-state index contributed by atoms with van der Waals surface area (Å²) in [6.45, 7) is 0. The molecule has 0 aromatic heterocycles. The lowest BCUT2D eigenvalue weighted by Gasteiger charge is -2.07. The van der Waals surface area contributed by atoms with E-state index in [4.69, 9.17) is 0 Å². The SMILES string of the molecule is O=C(O)C1(C=Cc2ccccc2-c2ccccc2)CC1. The minimum atomic E-state index is -0.717. The average molecular weight is 264 g/mol. The molecule has 0 heterocycles. The highest BCUT2D eigenvalue weighted by molar-refractivity contribution is 5.83. The monoisotopic (exact) mass is 264 g/mol. The van der Waals surface area contributed by atoms with Crippen LogP contribution in [-0.4, -0.2) is 11.1 Å². The Morgan fingerprint density at radius 2 is 1.65 bits per heavy atom. The third-order valence-electron chi connectivity index (χ3n) is 3.84. The maximum atomic E-state index is 11.2. The molecule has 20 heavy (non-hydrogen) atoms. The quantitative estimate of drug-likeness (QED) is 0.897. The molecule has 100 valence electrons. The Kier molecular flexibility index (Phi) is 3.15. The Morgan fingerprint density at radius 1 is 1.00 bits per heavy atom. The topological polar surface area (TPSA) is 37.3 Å². The average Bonchev–Trinajstić information content (AvgIpc) is 3.28. The maximum absolute atomic E-state index is 11.2. The molecular weight excluding hydrogens is 248 g/mol. The van der Waals surface area contributed by atoms with Gasteiger partial charge in [0.25, 0.3) is 0 Å². The first-order valence-electron chi connectivity index (χ1n) is 6.78. The van der Waals surface area contributed by atoms with Crippen molar-refractivity contribution in [2.45, 2.75) is 12.8 Å². The molecule has 2 aromatic carbocycles. The van der Waals surface area contributed by atoms with Crippen LogP contribution < -0.4 is 0 Å². The molecule has 0 bridgehead atoms. The molecule has 0 unspecified atom stereocenters. The molecule has 1 saturated carbocycles. The molecule has 0 spiro atoms. The van der Waals surface area contributed by atoms with E-state index in [0.717, 1.165) is 29.5 Å². The Labute approximate surface area is 118 Å². The predicted molar refractivity (Wildman–Crippen MR) is 80.2 cm³/mol. The molecule has 0 aliphatic heterocycles. The molecule has 2 heteroatoms. The number of benzene rings is 2. The van der Waals surface area contributed by atoms with E-state index < -0.39 is 11.4 Å². The van der Waals surface area contributed by atoms with E-state index >= 15 is 0 Å². The van der Waals surface area contributed by atoms with Crippen LogP contribution in [-0.2, 0) is 4.79 Å². The van der Waals surface area contributed by atoms with E-state index in [9.17, 15) is 9.90 Å². The molecule has 2 nitrogen and oxygen atoms in total. The summed E-state index contributed by atoms with van der Waals surface area (Å²) in [6, 6.07) is 18.2. The fourth-order valence-corrected chi connectivity index (χ4v) is 2.36. The molecule has 3 rings (SSSR count). The molecule has 2 aromatic rings. The van der Waals surface area contributed by atoms with Crippen molar-refractivity contribution >= 4 is 12.0 Å². The van der Waals surface area contributed by atoms with Gasteiger partial charge >= 0.3 is 5.97 Å². The van der Waals surface area contributed by atoms with Gasteiger partial charge in [-0.05, 0) is 29.5 Å². The summed E-state index contributed by atoms with van der Waals surface area (Å²) < 4.78 is 0.